The quantitative estimate of drug-likeness (QED) is 0.620. The summed E-state index contributed by atoms with van der Waals surface area (Å²) < 4.78 is 0. The van der Waals surface area contributed by atoms with Crippen molar-refractivity contribution < 1.29 is 43.6 Å². The van der Waals surface area contributed by atoms with Gasteiger partial charge in [-0.2, -0.15) is 0 Å². The van der Waals surface area contributed by atoms with Crippen LogP contribution < -0.4 is 0 Å². The van der Waals surface area contributed by atoms with Crippen LogP contribution in [0.1, 0.15) is 0 Å². The molecule has 0 aromatic carbocycles. The van der Waals surface area contributed by atoms with Gasteiger partial charge in [0.15, 0.2) is 0 Å². The number of rotatable bonds is 0. The molecule has 5 heteroatoms. The third kappa shape index (κ3) is 23.2. The van der Waals surface area contributed by atoms with Crippen molar-refractivity contribution in [2.75, 3.05) is 0 Å². The van der Waals surface area contributed by atoms with Crippen molar-refractivity contribution in [3.63, 3.8) is 0 Å². The molecule has 0 bridgehead atoms. The van der Waals surface area contributed by atoms with E-state index in [1.165, 1.54) is 0 Å². The first-order chi connectivity index (χ1) is 0. The van der Waals surface area contributed by atoms with Crippen molar-refractivity contribution in [3.05, 3.63) is 0 Å². The van der Waals surface area contributed by atoms with Gasteiger partial charge in [0.25, 0.3) is 0 Å². The molecule has 0 heterocycles. The first-order valence-corrected chi connectivity index (χ1v) is 0. The van der Waals surface area contributed by atoms with Crippen molar-refractivity contribution >= 4 is 37.2 Å². The van der Waals surface area contributed by atoms with Gasteiger partial charge in [0.05, 0.1) is 0 Å². The van der Waals surface area contributed by atoms with Crippen molar-refractivity contribution in [1.82, 2.24) is 0 Å². The Labute approximate surface area is 79.8 Å². The molecule has 0 aliphatic rings. The molecular weight excluding hydrogens is 285 g/mol. The smallest absolute Gasteiger partial charge is 0 e. The fraction of sp³-hybridized carbons (Fsp3) is 0. The molecule has 0 saturated carbocycles. The summed E-state index contributed by atoms with van der Waals surface area (Å²) in [6.07, 6.45) is 0. The first-order valence-electron chi connectivity index (χ1n) is 0. The number of halogens is 3. The van der Waals surface area contributed by atoms with Crippen molar-refractivity contribution in [1.29, 1.82) is 0 Å². The summed E-state index contributed by atoms with van der Waals surface area (Å²) in [6, 6.07) is 0. The van der Waals surface area contributed by atoms with Gasteiger partial charge in [-0.05, 0) is 0 Å². The van der Waals surface area contributed by atoms with Gasteiger partial charge in [-0.25, -0.2) is 0 Å². The molecule has 0 radical (unpaired) electrons. The minimum Gasteiger partial charge on any atom is -0.412 e. The van der Waals surface area contributed by atoms with Crippen LogP contribution in [0.5, 0.6) is 0 Å². The summed E-state index contributed by atoms with van der Waals surface area (Å²) in [6.45, 7) is 0. The van der Waals surface area contributed by atoms with Crippen molar-refractivity contribution in [2.45, 2.75) is 0 Å². The standard InChI is InChI=1S/3ClH.Dy.H2O/h3*1H;;1H2. The van der Waals surface area contributed by atoms with Gasteiger partial charge >= 0.3 is 0 Å². The van der Waals surface area contributed by atoms with Gasteiger partial charge < -0.3 is 5.48 Å². The molecule has 0 aliphatic carbocycles. The van der Waals surface area contributed by atoms with E-state index in [1.54, 1.807) is 0 Å². The molecule has 0 unspecified atom stereocenters. The Bertz CT molecular complexity index is 6.85. The van der Waals surface area contributed by atoms with Crippen molar-refractivity contribution in [2.24, 2.45) is 0 Å². The second-order valence-corrected chi connectivity index (χ2v) is 0. The van der Waals surface area contributed by atoms with Crippen LogP contribution in [0.15, 0.2) is 0 Å². The topological polar surface area (TPSA) is 31.5 Å². The molecule has 0 aliphatic heterocycles. The van der Waals surface area contributed by atoms with E-state index in [-0.39, 0.29) is 80.9 Å². The second kappa shape index (κ2) is 35.9. The van der Waals surface area contributed by atoms with Crippen LogP contribution in [-0.2, 0) is 0 Å². The third-order valence-corrected chi connectivity index (χ3v) is 0. The van der Waals surface area contributed by atoms with Gasteiger partial charge in [0.2, 0.25) is 0 Å². The molecule has 0 saturated heterocycles. The van der Waals surface area contributed by atoms with Crippen LogP contribution in [0.3, 0.4) is 0 Å². The summed E-state index contributed by atoms with van der Waals surface area (Å²) in [5, 5.41) is 0. The maximum absolute atomic E-state index is 0. The molecule has 0 spiro atoms. The summed E-state index contributed by atoms with van der Waals surface area (Å²) in [5.41, 5.74) is 0. The van der Waals surface area contributed by atoms with Crippen LogP contribution in [0.4, 0.5) is 0 Å². The summed E-state index contributed by atoms with van der Waals surface area (Å²) in [5.74, 6) is 0. The Morgan fingerprint density at radius 3 is 0.600 bits per heavy atom. The normalized spacial score (nSPS) is 0. The van der Waals surface area contributed by atoms with E-state index in [4.69, 9.17) is 0 Å². The van der Waals surface area contributed by atoms with E-state index in [1.807, 2.05) is 0 Å². The van der Waals surface area contributed by atoms with E-state index in [0.717, 1.165) is 0 Å². The Hall–Kier alpha value is 2.10. The van der Waals surface area contributed by atoms with E-state index in [0.29, 0.717) is 0 Å². The minimum absolute atomic E-state index is 0. The van der Waals surface area contributed by atoms with Crippen LogP contribution in [0.25, 0.3) is 0 Å². The van der Waals surface area contributed by atoms with E-state index in [2.05, 4.69) is 0 Å². The van der Waals surface area contributed by atoms with E-state index >= 15 is 0 Å². The molecule has 0 atom stereocenters. The van der Waals surface area contributed by atoms with Gasteiger partial charge in [-0.1, -0.05) is 0 Å². The van der Waals surface area contributed by atoms with Gasteiger partial charge in [-0.3, -0.25) is 0 Å². The molecule has 1 nitrogen and oxygen atoms in total. The third-order valence-electron chi connectivity index (χ3n) is 0. The van der Waals surface area contributed by atoms with Gasteiger partial charge in [0.1, 0.15) is 0 Å². The largest absolute Gasteiger partial charge is 0.412 e. The van der Waals surface area contributed by atoms with Crippen LogP contribution in [0.2, 0.25) is 0 Å². The van der Waals surface area contributed by atoms with Crippen LogP contribution in [-0.4, -0.2) is 5.48 Å². The average Bonchev–Trinajstić information content (AvgIpc) is 0. The minimum atomic E-state index is 0. The summed E-state index contributed by atoms with van der Waals surface area (Å²) in [4.78, 5) is 0. The fourth-order valence-corrected chi connectivity index (χ4v) is 0. The summed E-state index contributed by atoms with van der Waals surface area (Å²) >= 11 is 0. The fourth-order valence-electron chi connectivity index (χ4n) is 0. The molecule has 0 rings (SSSR count). The molecule has 0 amide bonds. The predicted octanol–water partition coefficient (Wildman–Crippen LogP) is 0.441. The molecule has 0 aromatic heterocycles. The molecule has 42 valence electrons. The van der Waals surface area contributed by atoms with Crippen molar-refractivity contribution in [3.8, 4) is 0 Å². The second-order valence-electron chi connectivity index (χ2n) is 0. The monoisotopic (exact) mass is 290 g/mol. The number of hydrogen-bond acceptors (Lipinski definition) is 0. The molecule has 5 heavy (non-hydrogen) atoms. The summed E-state index contributed by atoms with van der Waals surface area (Å²) in [7, 11) is 0. The SMILES string of the molecule is Cl.Cl.Cl.O.[Dy]. The van der Waals surface area contributed by atoms with Gasteiger partial charge in [-0.15, -0.1) is 37.2 Å². The van der Waals surface area contributed by atoms with Gasteiger partial charge in [0, 0.05) is 38.2 Å². The number of hydrogen-bond donors (Lipinski definition) is 0. The zero-order valence-corrected chi connectivity index (χ0v) is 6.52. The predicted molar refractivity (Wildman–Crippen MR) is 25.4 cm³/mol. The Morgan fingerprint density at radius 1 is 0.600 bits per heavy atom. The first kappa shape index (κ1) is 59.8. The zero-order chi connectivity index (χ0) is 0. The average molecular weight is 290 g/mol. The maximum Gasteiger partial charge on any atom is 0 e. The van der Waals surface area contributed by atoms with Crippen LogP contribution in [0, 0.1) is 38.2 Å². The Kier molecular flexibility index (Phi) is 430. The molecule has 0 fully saturated rings. The molecule has 0 aromatic rings. The van der Waals surface area contributed by atoms with Crippen LogP contribution >= 0.6 is 37.2 Å². The Balaban J connectivity index is 0. The molecule has 2 N–H and O–H groups in total. The van der Waals surface area contributed by atoms with E-state index < -0.39 is 0 Å². The zero-order valence-electron chi connectivity index (χ0n) is 2.04. The molecular formula is H5Cl3DyO. The van der Waals surface area contributed by atoms with E-state index in [9.17, 15) is 0 Å². The Morgan fingerprint density at radius 2 is 0.600 bits per heavy atom. The maximum atomic E-state index is 0.